The third kappa shape index (κ3) is 4.07. The van der Waals surface area contributed by atoms with Crippen molar-refractivity contribution in [3.63, 3.8) is 0 Å². The van der Waals surface area contributed by atoms with Crippen molar-refractivity contribution in [1.82, 2.24) is 14.8 Å². The summed E-state index contributed by atoms with van der Waals surface area (Å²) in [5.41, 5.74) is 6.75. The molecule has 0 saturated heterocycles. The summed E-state index contributed by atoms with van der Waals surface area (Å²) in [4.78, 5) is 26.4. The van der Waals surface area contributed by atoms with Gasteiger partial charge in [-0.3, -0.25) is 9.78 Å². The molecular weight excluding hydrogens is 232 g/mol. The number of hydrogen-bond acceptors (Lipinski definition) is 6. The van der Waals surface area contributed by atoms with Gasteiger partial charge in [0.25, 0.3) is 5.56 Å². The largest absolute Gasteiger partial charge is 0.394 e. The van der Waals surface area contributed by atoms with E-state index in [0.717, 1.165) is 10.9 Å². The van der Waals surface area contributed by atoms with E-state index in [0.29, 0.717) is 0 Å². The van der Waals surface area contributed by atoms with Crippen LogP contribution in [0.5, 0.6) is 0 Å². The molecule has 0 aliphatic heterocycles. The Morgan fingerprint density at radius 1 is 1.71 bits per heavy atom. The summed E-state index contributed by atoms with van der Waals surface area (Å²) in [6, 6.07) is 0. The van der Waals surface area contributed by atoms with Gasteiger partial charge in [0.05, 0.1) is 19.3 Å². The van der Waals surface area contributed by atoms with E-state index < -0.39 is 17.4 Å². The maximum atomic E-state index is 11.2. The lowest BCUT2D eigenvalue weighted by molar-refractivity contribution is -0.0252. The van der Waals surface area contributed by atoms with E-state index in [1.807, 2.05) is 4.98 Å². The molecule has 0 aromatic carbocycles. The zero-order valence-electron chi connectivity index (χ0n) is 8.68. The average Bonchev–Trinajstić information content (AvgIpc) is 2.31. The van der Waals surface area contributed by atoms with E-state index in [9.17, 15) is 9.59 Å². The molecule has 0 amide bonds. The molecule has 1 rings (SSSR count). The lowest BCUT2D eigenvalue weighted by atomic mass is 10.4. The molecule has 2 N–H and O–H groups in total. The van der Waals surface area contributed by atoms with Gasteiger partial charge in [0.2, 0.25) is 0 Å². The van der Waals surface area contributed by atoms with E-state index >= 15 is 0 Å². The van der Waals surface area contributed by atoms with Crippen LogP contribution in [0.25, 0.3) is 10.4 Å². The fourth-order valence-corrected chi connectivity index (χ4v) is 0.935. The number of aromatic amines is 1. The fraction of sp³-hybridized carbons (Fsp3) is 0.571. The Kier molecular flexibility index (Phi) is 4.88. The molecular formula is C7H10N6O4. The van der Waals surface area contributed by atoms with Crippen LogP contribution < -0.4 is 11.2 Å². The molecule has 1 heterocycles. The number of nitrogens with zero attached hydrogens (tertiary/aromatic N) is 5. The Labute approximate surface area is 94.1 Å². The first kappa shape index (κ1) is 12.9. The Hall–Kier alpha value is -2.16. The van der Waals surface area contributed by atoms with Crippen molar-refractivity contribution in [3.05, 3.63) is 37.5 Å². The van der Waals surface area contributed by atoms with Gasteiger partial charge in [-0.05, 0) is 5.53 Å². The molecule has 0 aliphatic carbocycles. The molecule has 1 aromatic heterocycles. The van der Waals surface area contributed by atoms with Gasteiger partial charge < -0.3 is 9.84 Å². The number of hydrogen-bond donors (Lipinski definition) is 2. The minimum Gasteiger partial charge on any atom is -0.394 e. The van der Waals surface area contributed by atoms with Gasteiger partial charge in [-0.25, -0.2) is 4.79 Å². The van der Waals surface area contributed by atoms with E-state index in [2.05, 4.69) is 15.1 Å². The smallest absolute Gasteiger partial charge is 0.346 e. The van der Waals surface area contributed by atoms with Crippen LogP contribution in [0.1, 0.15) is 0 Å². The van der Waals surface area contributed by atoms with Gasteiger partial charge in [-0.2, -0.15) is 9.78 Å². The first-order valence-electron chi connectivity index (χ1n) is 4.57. The number of aliphatic hydroxyl groups excluding tert-OH is 1. The van der Waals surface area contributed by atoms with Crippen LogP contribution in [0.15, 0.2) is 20.9 Å². The van der Waals surface area contributed by atoms with E-state index in [1.54, 1.807) is 0 Å². The molecule has 0 spiro atoms. The van der Waals surface area contributed by atoms with Gasteiger partial charge in [0.1, 0.15) is 12.9 Å². The van der Waals surface area contributed by atoms with Crippen LogP contribution in [0.4, 0.5) is 0 Å². The van der Waals surface area contributed by atoms with E-state index in [-0.39, 0.29) is 19.9 Å². The van der Waals surface area contributed by atoms with E-state index in [1.165, 1.54) is 0 Å². The quantitative estimate of drug-likeness (QED) is 0.357. The van der Waals surface area contributed by atoms with Crippen LogP contribution in [0.3, 0.4) is 0 Å². The number of rotatable bonds is 6. The van der Waals surface area contributed by atoms with Crippen molar-refractivity contribution in [2.24, 2.45) is 5.11 Å². The summed E-state index contributed by atoms with van der Waals surface area (Å²) in [5, 5.41) is 15.6. The number of ether oxygens (including phenoxy) is 1. The summed E-state index contributed by atoms with van der Waals surface area (Å²) in [7, 11) is 0. The fourth-order valence-electron chi connectivity index (χ4n) is 0.935. The molecule has 17 heavy (non-hydrogen) atoms. The highest BCUT2D eigenvalue weighted by atomic mass is 16.5. The Bertz CT molecular complexity index is 516. The minimum absolute atomic E-state index is 0.0644. The number of azide groups is 1. The van der Waals surface area contributed by atoms with Crippen molar-refractivity contribution in [1.29, 1.82) is 0 Å². The zero-order chi connectivity index (χ0) is 12.7. The summed E-state index contributed by atoms with van der Waals surface area (Å²) in [6.07, 6.45) is 0.193. The standard InChI is InChI=1S/C7H10N6O4/c8-12-9-1-5(3-14)17-4-13-7(16)11-6(15)2-10-13/h2,5,14H,1,3-4H2,(H,11,15,16). The second kappa shape index (κ2) is 6.43. The Morgan fingerprint density at radius 3 is 3.06 bits per heavy atom. The summed E-state index contributed by atoms with van der Waals surface area (Å²) in [5.74, 6) is 0. The van der Waals surface area contributed by atoms with E-state index in [4.69, 9.17) is 15.4 Å². The zero-order valence-corrected chi connectivity index (χ0v) is 8.68. The monoisotopic (exact) mass is 242 g/mol. The van der Waals surface area contributed by atoms with Gasteiger partial charge in [-0.15, -0.1) is 0 Å². The maximum Gasteiger partial charge on any atom is 0.346 e. The van der Waals surface area contributed by atoms with Gasteiger partial charge in [0.15, 0.2) is 0 Å². The van der Waals surface area contributed by atoms with Gasteiger partial charge in [-0.1, -0.05) is 5.11 Å². The first-order chi connectivity index (χ1) is 8.17. The second-order valence-corrected chi connectivity index (χ2v) is 2.95. The van der Waals surface area contributed by atoms with Gasteiger partial charge in [0, 0.05) is 4.91 Å². The Balaban J connectivity index is 2.62. The Morgan fingerprint density at radius 2 is 2.47 bits per heavy atom. The summed E-state index contributed by atoms with van der Waals surface area (Å²) in [6.45, 7) is -0.690. The second-order valence-electron chi connectivity index (χ2n) is 2.95. The van der Waals surface area contributed by atoms with Crippen molar-refractivity contribution in [2.45, 2.75) is 12.8 Å². The first-order valence-corrected chi connectivity index (χ1v) is 4.57. The minimum atomic E-state index is -0.730. The number of aliphatic hydroxyl groups is 1. The molecule has 0 fully saturated rings. The third-order valence-corrected chi connectivity index (χ3v) is 1.76. The van der Waals surface area contributed by atoms with Crippen LogP contribution >= 0.6 is 0 Å². The van der Waals surface area contributed by atoms with Crippen LogP contribution in [-0.2, 0) is 11.5 Å². The molecule has 1 unspecified atom stereocenters. The topological polar surface area (TPSA) is 146 Å². The highest BCUT2D eigenvalue weighted by Crippen LogP contribution is 1.93. The van der Waals surface area contributed by atoms with Crippen molar-refractivity contribution in [3.8, 4) is 0 Å². The van der Waals surface area contributed by atoms with Crippen LogP contribution in [0, 0.1) is 0 Å². The molecule has 0 aliphatic rings. The normalized spacial score (nSPS) is 11.8. The summed E-state index contributed by atoms with van der Waals surface area (Å²) < 4.78 is 5.92. The average molecular weight is 242 g/mol. The van der Waals surface area contributed by atoms with Gasteiger partial charge >= 0.3 is 5.69 Å². The molecule has 92 valence electrons. The summed E-state index contributed by atoms with van der Waals surface area (Å²) >= 11 is 0. The molecule has 0 bridgehead atoms. The van der Waals surface area contributed by atoms with Crippen molar-refractivity contribution in [2.75, 3.05) is 13.2 Å². The van der Waals surface area contributed by atoms with Crippen LogP contribution in [-0.4, -0.2) is 39.1 Å². The molecule has 10 heteroatoms. The van der Waals surface area contributed by atoms with Crippen molar-refractivity contribution < 1.29 is 9.84 Å². The lowest BCUT2D eigenvalue weighted by Gasteiger charge is -2.12. The highest BCUT2D eigenvalue weighted by molar-refractivity contribution is 4.68. The molecule has 0 saturated carbocycles. The molecule has 0 radical (unpaired) electrons. The van der Waals surface area contributed by atoms with Crippen molar-refractivity contribution >= 4 is 0 Å². The predicted octanol–water partition coefficient (Wildman–Crippen LogP) is -1.42. The maximum absolute atomic E-state index is 11.2. The number of nitrogens with one attached hydrogen (secondary N) is 1. The lowest BCUT2D eigenvalue weighted by Crippen LogP contribution is -2.34. The SMILES string of the molecule is [N-]=[N+]=NCC(CO)OCn1ncc(=O)[nH]c1=O. The predicted molar refractivity (Wildman–Crippen MR) is 55.1 cm³/mol. The van der Waals surface area contributed by atoms with Crippen LogP contribution in [0.2, 0.25) is 0 Å². The number of aromatic nitrogens is 3. The molecule has 1 atom stereocenters. The molecule has 10 nitrogen and oxygen atoms in total. The molecule has 1 aromatic rings. The highest BCUT2D eigenvalue weighted by Gasteiger charge is 2.07. The third-order valence-electron chi connectivity index (χ3n) is 1.76. The number of H-pyrrole nitrogens is 1.